The zero-order valence-electron chi connectivity index (χ0n) is 10.9. The van der Waals surface area contributed by atoms with Gasteiger partial charge in [0.2, 0.25) is 0 Å². The van der Waals surface area contributed by atoms with Crippen molar-refractivity contribution in [3.8, 4) is 5.75 Å². The molecule has 0 unspecified atom stereocenters. The molecule has 1 heterocycles. The van der Waals surface area contributed by atoms with Gasteiger partial charge in [-0.05, 0) is 13.8 Å². The van der Waals surface area contributed by atoms with Gasteiger partial charge in [-0.1, -0.05) is 6.08 Å². The van der Waals surface area contributed by atoms with Crippen LogP contribution in [0.2, 0.25) is 0 Å². The maximum atomic E-state index is 11.7. The second kappa shape index (κ2) is 6.30. The minimum Gasteiger partial charge on any atom is -0.486 e. The summed E-state index contributed by atoms with van der Waals surface area (Å²) in [6, 6.07) is 0. The number of amides is 1. The Balaban J connectivity index is 3.13. The Hall–Kier alpha value is -1.69. The van der Waals surface area contributed by atoms with E-state index >= 15 is 0 Å². The fourth-order valence-corrected chi connectivity index (χ4v) is 2.35. The smallest absolute Gasteiger partial charge is 0.263 e. The van der Waals surface area contributed by atoms with Crippen molar-refractivity contribution in [3.05, 3.63) is 17.5 Å². The maximum Gasteiger partial charge on any atom is 0.263 e. The summed E-state index contributed by atoms with van der Waals surface area (Å²) in [6.45, 7) is 8.04. The third kappa shape index (κ3) is 3.16. The lowest BCUT2D eigenvalue weighted by Crippen LogP contribution is -2.17. The third-order valence-electron chi connectivity index (χ3n) is 2.09. The SMILES string of the molecule is C=CCNc1sc(C(=O)NC)c(N)c1OC(C)C. The van der Waals surface area contributed by atoms with Crippen LogP contribution in [0.25, 0.3) is 0 Å². The number of anilines is 2. The highest BCUT2D eigenvalue weighted by atomic mass is 32.1. The van der Waals surface area contributed by atoms with Crippen LogP contribution in [0.1, 0.15) is 23.5 Å². The molecular formula is C12H19N3O2S. The molecule has 6 heteroatoms. The van der Waals surface area contributed by atoms with Crippen molar-refractivity contribution in [1.29, 1.82) is 0 Å². The predicted molar refractivity (Wildman–Crippen MR) is 76.6 cm³/mol. The van der Waals surface area contributed by atoms with Crippen LogP contribution >= 0.6 is 11.3 Å². The number of hydrogen-bond acceptors (Lipinski definition) is 5. The van der Waals surface area contributed by atoms with E-state index in [1.54, 1.807) is 13.1 Å². The second-order valence-corrected chi connectivity index (χ2v) is 4.94. The molecule has 0 aliphatic rings. The third-order valence-corrected chi connectivity index (χ3v) is 3.24. The molecule has 0 spiro atoms. The van der Waals surface area contributed by atoms with Crippen LogP contribution in [-0.4, -0.2) is 25.6 Å². The highest BCUT2D eigenvalue weighted by Crippen LogP contribution is 2.43. The Kier molecular flexibility index (Phi) is 5.03. The lowest BCUT2D eigenvalue weighted by atomic mass is 10.3. The highest BCUT2D eigenvalue weighted by molar-refractivity contribution is 7.19. The van der Waals surface area contributed by atoms with Gasteiger partial charge in [-0.15, -0.1) is 17.9 Å². The molecule has 0 saturated heterocycles. The summed E-state index contributed by atoms with van der Waals surface area (Å²) in [7, 11) is 1.57. The molecule has 1 amide bonds. The molecule has 0 aliphatic heterocycles. The van der Waals surface area contributed by atoms with Crippen molar-refractivity contribution in [3.63, 3.8) is 0 Å². The standard InChI is InChI=1S/C12H19N3O2S/c1-5-6-15-12-9(17-7(2)3)8(13)10(18-12)11(16)14-4/h5,7,15H,1,6,13H2,2-4H3,(H,14,16). The molecule has 0 saturated carbocycles. The summed E-state index contributed by atoms with van der Waals surface area (Å²) in [5.41, 5.74) is 6.33. The van der Waals surface area contributed by atoms with E-state index in [-0.39, 0.29) is 12.0 Å². The fraction of sp³-hybridized carbons (Fsp3) is 0.417. The van der Waals surface area contributed by atoms with E-state index in [1.807, 2.05) is 13.8 Å². The fourth-order valence-electron chi connectivity index (χ4n) is 1.34. The number of carbonyl (C=O) groups excluding carboxylic acids is 1. The van der Waals surface area contributed by atoms with Crippen LogP contribution in [0.3, 0.4) is 0 Å². The van der Waals surface area contributed by atoms with Crippen molar-refractivity contribution in [2.24, 2.45) is 0 Å². The number of thiophene rings is 1. The van der Waals surface area contributed by atoms with Gasteiger partial charge in [0.1, 0.15) is 15.6 Å². The lowest BCUT2D eigenvalue weighted by Gasteiger charge is -2.11. The lowest BCUT2D eigenvalue weighted by molar-refractivity contribution is 0.0967. The number of nitrogens with two attached hydrogens (primary N) is 1. The zero-order valence-corrected chi connectivity index (χ0v) is 11.7. The average molecular weight is 269 g/mol. The van der Waals surface area contributed by atoms with E-state index in [0.717, 1.165) is 5.00 Å². The van der Waals surface area contributed by atoms with Crippen molar-refractivity contribution in [2.75, 3.05) is 24.6 Å². The molecule has 4 N–H and O–H groups in total. The average Bonchev–Trinajstić information content (AvgIpc) is 2.63. The molecule has 0 atom stereocenters. The minimum atomic E-state index is -0.210. The Morgan fingerprint density at radius 2 is 2.28 bits per heavy atom. The van der Waals surface area contributed by atoms with E-state index in [4.69, 9.17) is 10.5 Å². The highest BCUT2D eigenvalue weighted by Gasteiger charge is 2.22. The van der Waals surface area contributed by atoms with E-state index in [9.17, 15) is 4.79 Å². The number of rotatable bonds is 6. The first-order chi connectivity index (χ1) is 8.51. The largest absolute Gasteiger partial charge is 0.486 e. The van der Waals surface area contributed by atoms with Crippen LogP contribution in [0, 0.1) is 0 Å². The first-order valence-electron chi connectivity index (χ1n) is 5.67. The van der Waals surface area contributed by atoms with Gasteiger partial charge in [-0.25, -0.2) is 0 Å². The minimum absolute atomic E-state index is 0.0104. The molecule has 18 heavy (non-hydrogen) atoms. The van der Waals surface area contributed by atoms with Crippen molar-refractivity contribution >= 4 is 27.9 Å². The first kappa shape index (κ1) is 14.4. The molecule has 0 aliphatic carbocycles. The van der Waals surface area contributed by atoms with Crippen LogP contribution in [0.4, 0.5) is 10.7 Å². The Morgan fingerprint density at radius 3 is 2.78 bits per heavy atom. The van der Waals surface area contributed by atoms with Gasteiger partial charge in [0.05, 0.1) is 6.10 Å². The molecule has 100 valence electrons. The van der Waals surface area contributed by atoms with Gasteiger partial charge in [0.25, 0.3) is 5.91 Å². The second-order valence-electron chi connectivity index (χ2n) is 3.92. The Morgan fingerprint density at radius 1 is 1.61 bits per heavy atom. The molecule has 0 radical (unpaired) electrons. The van der Waals surface area contributed by atoms with Gasteiger partial charge in [-0.3, -0.25) is 4.79 Å². The summed E-state index contributed by atoms with van der Waals surface area (Å²) in [5, 5.41) is 6.43. The molecule has 0 fully saturated rings. The van der Waals surface area contributed by atoms with Gasteiger partial charge < -0.3 is 21.1 Å². The monoisotopic (exact) mass is 269 g/mol. The molecule has 0 bridgehead atoms. The van der Waals surface area contributed by atoms with Gasteiger partial charge >= 0.3 is 0 Å². The zero-order chi connectivity index (χ0) is 13.7. The van der Waals surface area contributed by atoms with Crippen LogP contribution in [-0.2, 0) is 0 Å². The van der Waals surface area contributed by atoms with Crippen molar-refractivity contribution in [2.45, 2.75) is 20.0 Å². The molecule has 1 aromatic heterocycles. The quantitative estimate of drug-likeness (QED) is 0.691. The van der Waals surface area contributed by atoms with E-state index in [0.29, 0.717) is 22.9 Å². The van der Waals surface area contributed by atoms with E-state index in [2.05, 4.69) is 17.2 Å². The molecule has 1 rings (SSSR count). The number of nitrogen functional groups attached to an aromatic ring is 1. The van der Waals surface area contributed by atoms with Crippen LogP contribution in [0.5, 0.6) is 5.75 Å². The maximum absolute atomic E-state index is 11.7. The predicted octanol–water partition coefficient (Wildman–Crippen LogP) is 2.08. The molecule has 0 aromatic carbocycles. The summed E-state index contributed by atoms with van der Waals surface area (Å²) in [4.78, 5) is 12.1. The van der Waals surface area contributed by atoms with Crippen molar-refractivity contribution < 1.29 is 9.53 Å². The molecule has 1 aromatic rings. The number of carbonyl (C=O) groups is 1. The molecule has 5 nitrogen and oxygen atoms in total. The summed E-state index contributed by atoms with van der Waals surface area (Å²) in [5.74, 6) is 0.327. The summed E-state index contributed by atoms with van der Waals surface area (Å²) >= 11 is 1.28. The number of ether oxygens (including phenoxy) is 1. The Bertz CT molecular complexity index is 441. The van der Waals surface area contributed by atoms with Gasteiger partial charge in [0.15, 0.2) is 5.75 Å². The first-order valence-corrected chi connectivity index (χ1v) is 6.48. The van der Waals surface area contributed by atoms with E-state index < -0.39 is 0 Å². The van der Waals surface area contributed by atoms with Gasteiger partial charge in [-0.2, -0.15) is 0 Å². The summed E-state index contributed by atoms with van der Waals surface area (Å²) < 4.78 is 5.66. The topological polar surface area (TPSA) is 76.4 Å². The normalized spacial score (nSPS) is 10.2. The van der Waals surface area contributed by atoms with E-state index in [1.165, 1.54) is 11.3 Å². The molecular weight excluding hydrogens is 250 g/mol. The number of hydrogen-bond donors (Lipinski definition) is 3. The Labute approximate surface area is 111 Å². The number of nitrogens with one attached hydrogen (secondary N) is 2. The summed E-state index contributed by atoms with van der Waals surface area (Å²) in [6.07, 6.45) is 1.72. The van der Waals surface area contributed by atoms with Crippen molar-refractivity contribution in [1.82, 2.24) is 5.32 Å². The van der Waals surface area contributed by atoms with Gasteiger partial charge in [0, 0.05) is 13.6 Å². The van der Waals surface area contributed by atoms with Crippen LogP contribution < -0.4 is 21.1 Å². The van der Waals surface area contributed by atoms with Crippen LogP contribution in [0.15, 0.2) is 12.7 Å².